The lowest BCUT2D eigenvalue weighted by atomic mass is 9.98. The van der Waals surface area contributed by atoms with Crippen molar-refractivity contribution in [2.45, 2.75) is 19.8 Å². The van der Waals surface area contributed by atoms with E-state index in [1.165, 1.54) is 31.4 Å². The van der Waals surface area contributed by atoms with Crippen LogP contribution in [0.3, 0.4) is 0 Å². The van der Waals surface area contributed by atoms with E-state index in [2.05, 4.69) is 22.3 Å². The van der Waals surface area contributed by atoms with Crippen LogP contribution in [0.1, 0.15) is 50.8 Å². The predicted molar refractivity (Wildman–Crippen MR) is 122 cm³/mol. The molecule has 0 unspecified atom stereocenters. The maximum Gasteiger partial charge on any atom is 0.337 e. The number of esters is 1. The molecule has 1 fully saturated rings. The number of carbonyl (C=O) groups is 3. The molecule has 3 rings (SSSR count). The molecule has 1 saturated heterocycles. The predicted octanol–water partition coefficient (Wildman–Crippen LogP) is 3.47. The zero-order valence-electron chi connectivity index (χ0n) is 17.5. The standard InChI is InChI=1S/C23H25N3O4S/c1-15-11-13-26(14-12-15)21(28)17-7-9-19(10-8-17)24-23(31)25-20(27)16-3-5-18(6-4-16)22(29)30-2/h3-10,15H,11-14H2,1-2H3,(H2,24,25,27,31). The Hall–Kier alpha value is -3.26. The van der Waals surface area contributed by atoms with Crippen molar-refractivity contribution < 1.29 is 19.1 Å². The van der Waals surface area contributed by atoms with Gasteiger partial charge in [-0.3, -0.25) is 14.9 Å². The molecule has 1 aliphatic rings. The molecule has 0 radical (unpaired) electrons. The van der Waals surface area contributed by atoms with Crippen molar-refractivity contribution in [1.82, 2.24) is 10.2 Å². The summed E-state index contributed by atoms with van der Waals surface area (Å²) in [6.45, 7) is 3.79. The summed E-state index contributed by atoms with van der Waals surface area (Å²) in [5.41, 5.74) is 2.00. The Balaban J connectivity index is 1.54. The number of hydrogen-bond acceptors (Lipinski definition) is 5. The Morgan fingerprint density at radius 1 is 0.935 bits per heavy atom. The minimum absolute atomic E-state index is 0.0322. The van der Waals surface area contributed by atoms with Gasteiger partial charge in [0.1, 0.15) is 0 Å². The van der Waals surface area contributed by atoms with Crippen molar-refractivity contribution in [2.75, 3.05) is 25.5 Å². The molecule has 7 nitrogen and oxygen atoms in total. The SMILES string of the molecule is COC(=O)c1ccc(C(=O)NC(=S)Nc2ccc(C(=O)N3CCC(C)CC3)cc2)cc1. The summed E-state index contributed by atoms with van der Waals surface area (Å²) in [4.78, 5) is 38.3. The van der Waals surface area contributed by atoms with Crippen LogP contribution in [-0.4, -0.2) is 48.0 Å². The first-order chi connectivity index (χ1) is 14.9. The van der Waals surface area contributed by atoms with E-state index in [4.69, 9.17) is 12.2 Å². The molecule has 2 aromatic rings. The Morgan fingerprint density at radius 3 is 2.06 bits per heavy atom. The van der Waals surface area contributed by atoms with Crippen LogP contribution in [0, 0.1) is 5.92 Å². The number of amides is 2. The number of nitrogens with one attached hydrogen (secondary N) is 2. The van der Waals surface area contributed by atoms with Gasteiger partial charge in [-0.25, -0.2) is 4.79 Å². The average Bonchev–Trinajstić information content (AvgIpc) is 2.79. The van der Waals surface area contributed by atoms with E-state index >= 15 is 0 Å². The van der Waals surface area contributed by atoms with Gasteiger partial charge in [-0.1, -0.05) is 6.92 Å². The van der Waals surface area contributed by atoms with Crippen LogP contribution >= 0.6 is 12.2 Å². The molecule has 0 aliphatic carbocycles. The number of benzene rings is 2. The molecular formula is C23H25N3O4S. The second-order valence-corrected chi connectivity index (χ2v) is 7.94. The number of piperidine rings is 1. The molecule has 31 heavy (non-hydrogen) atoms. The van der Waals surface area contributed by atoms with E-state index in [0.29, 0.717) is 28.3 Å². The van der Waals surface area contributed by atoms with Crippen molar-refractivity contribution in [3.05, 3.63) is 65.2 Å². The minimum atomic E-state index is -0.471. The molecule has 2 aromatic carbocycles. The number of likely N-dealkylation sites (tertiary alicyclic amines) is 1. The summed E-state index contributed by atoms with van der Waals surface area (Å²) in [5, 5.41) is 5.65. The third-order valence-corrected chi connectivity index (χ3v) is 5.46. The fourth-order valence-electron chi connectivity index (χ4n) is 3.30. The maximum absolute atomic E-state index is 12.6. The van der Waals surface area contributed by atoms with Crippen LogP contribution in [0.25, 0.3) is 0 Å². The number of methoxy groups -OCH3 is 1. The van der Waals surface area contributed by atoms with Crippen LogP contribution in [0.2, 0.25) is 0 Å². The largest absolute Gasteiger partial charge is 0.465 e. The number of anilines is 1. The highest BCUT2D eigenvalue weighted by Crippen LogP contribution is 2.19. The third-order valence-electron chi connectivity index (χ3n) is 5.26. The smallest absolute Gasteiger partial charge is 0.337 e. The summed E-state index contributed by atoms with van der Waals surface area (Å²) in [5.74, 6) is -0.177. The van der Waals surface area contributed by atoms with Crippen molar-refractivity contribution in [1.29, 1.82) is 0 Å². The van der Waals surface area contributed by atoms with E-state index < -0.39 is 11.9 Å². The van der Waals surface area contributed by atoms with Crippen molar-refractivity contribution >= 4 is 40.8 Å². The van der Waals surface area contributed by atoms with E-state index in [9.17, 15) is 14.4 Å². The van der Waals surface area contributed by atoms with Gasteiger partial charge in [0, 0.05) is 29.9 Å². The van der Waals surface area contributed by atoms with E-state index in [1.54, 1.807) is 24.3 Å². The van der Waals surface area contributed by atoms with Crippen LogP contribution in [0.5, 0.6) is 0 Å². The zero-order chi connectivity index (χ0) is 22.4. The highest BCUT2D eigenvalue weighted by molar-refractivity contribution is 7.80. The topological polar surface area (TPSA) is 87.7 Å². The lowest BCUT2D eigenvalue weighted by molar-refractivity contribution is 0.0599. The summed E-state index contributed by atoms with van der Waals surface area (Å²) in [6, 6.07) is 13.1. The molecule has 0 atom stereocenters. The molecule has 2 amide bonds. The number of thiocarbonyl (C=S) groups is 1. The molecule has 0 aromatic heterocycles. The molecule has 0 bridgehead atoms. The van der Waals surface area contributed by atoms with E-state index in [1.807, 2.05) is 4.90 Å². The Bertz CT molecular complexity index is 965. The summed E-state index contributed by atoms with van der Waals surface area (Å²) in [6.07, 6.45) is 2.07. The van der Waals surface area contributed by atoms with E-state index in [0.717, 1.165) is 25.9 Å². The van der Waals surface area contributed by atoms with Crippen LogP contribution in [-0.2, 0) is 4.74 Å². The highest BCUT2D eigenvalue weighted by Gasteiger charge is 2.21. The number of ether oxygens (including phenoxy) is 1. The molecule has 1 aliphatic heterocycles. The molecule has 2 N–H and O–H groups in total. The fraction of sp³-hybridized carbons (Fsp3) is 0.304. The maximum atomic E-state index is 12.6. The molecule has 8 heteroatoms. The molecular weight excluding hydrogens is 414 g/mol. The van der Waals surface area contributed by atoms with Crippen molar-refractivity contribution in [2.24, 2.45) is 5.92 Å². The monoisotopic (exact) mass is 439 g/mol. The van der Waals surface area contributed by atoms with Crippen LogP contribution in [0.4, 0.5) is 5.69 Å². The van der Waals surface area contributed by atoms with Gasteiger partial charge in [-0.05, 0) is 79.5 Å². The minimum Gasteiger partial charge on any atom is -0.465 e. The van der Waals surface area contributed by atoms with Crippen LogP contribution < -0.4 is 10.6 Å². The second-order valence-electron chi connectivity index (χ2n) is 7.53. The molecule has 0 spiro atoms. The number of hydrogen-bond donors (Lipinski definition) is 2. The van der Waals surface area contributed by atoms with Gasteiger partial charge < -0.3 is 15.0 Å². The van der Waals surface area contributed by atoms with Gasteiger partial charge >= 0.3 is 5.97 Å². The quantitative estimate of drug-likeness (QED) is 0.560. The fourth-order valence-corrected chi connectivity index (χ4v) is 3.51. The molecule has 0 saturated carbocycles. The Morgan fingerprint density at radius 2 is 1.48 bits per heavy atom. The van der Waals surface area contributed by atoms with Gasteiger partial charge in [-0.2, -0.15) is 0 Å². The van der Waals surface area contributed by atoms with Gasteiger partial charge in [0.05, 0.1) is 12.7 Å². The zero-order valence-corrected chi connectivity index (χ0v) is 18.3. The molecule has 1 heterocycles. The normalized spacial score (nSPS) is 13.9. The Labute approximate surface area is 186 Å². The lowest BCUT2D eigenvalue weighted by Gasteiger charge is -2.30. The second kappa shape index (κ2) is 10.2. The first-order valence-corrected chi connectivity index (χ1v) is 10.5. The Kier molecular flexibility index (Phi) is 7.36. The summed E-state index contributed by atoms with van der Waals surface area (Å²) >= 11 is 5.20. The van der Waals surface area contributed by atoms with Gasteiger partial charge in [0.15, 0.2) is 5.11 Å². The number of carbonyl (C=O) groups excluding carboxylic acids is 3. The summed E-state index contributed by atoms with van der Waals surface area (Å²) in [7, 11) is 1.30. The van der Waals surface area contributed by atoms with Gasteiger partial charge in [0.25, 0.3) is 11.8 Å². The average molecular weight is 440 g/mol. The number of nitrogens with zero attached hydrogens (tertiary/aromatic N) is 1. The first kappa shape index (κ1) is 22.4. The third kappa shape index (κ3) is 5.88. The van der Waals surface area contributed by atoms with Crippen molar-refractivity contribution in [3.63, 3.8) is 0 Å². The van der Waals surface area contributed by atoms with Gasteiger partial charge in [-0.15, -0.1) is 0 Å². The van der Waals surface area contributed by atoms with Crippen molar-refractivity contribution in [3.8, 4) is 0 Å². The van der Waals surface area contributed by atoms with Crippen LogP contribution in [0.15, 0.2) is 48.5 Å². The van der Waals surface area contributed by atoms with E-state index in [-0.39, 0.29) is 11.0 Å². The lowest BCUT2D eigenvalue weighted by Crippen LogP contribution is -2.37. The summed E-state index contributed by atoms with van der Waals surface area (Å²) < 4.78 is 4.64. The van der Waals surface area contributed by atoms with Gasteiger partial charge in [0.2, 0.25) is 0 Å². The molecule has 162 valence electrons. The first-order valence-electron chi connectivity index (χ1n) is 10.1. The highest BCUT2D eigenvalue weighted by atomic mass is 32.1. The number of rotatable bonds is 4.